The van der Waals surface area contributed by atoms with Crippen LogP contribution in [0.25, 0.3) is 16.7 Å². The summed E-state index contributed by atoms with van der Waals surface area (Å²) in [5.41, 5.74) is 6.66. The van der Waals surface area contributed by atoms with Gasteiger partial charge < -0.3 is 14.2 Å². The van der Waals surface area contributed by atoms with Crippen LogP contribution in [0.15, 0.2) is 115 Å². The monoisotopic (exact) mass is 502 g/mol. The molecular weight excluding hydrogens is 472 g/mol. The Balaban J connectivity index is 1.50. The number of methoxy groups -OCH3 is 1. The van der Waals surface area contributed by atoms with E-state index in [1.807, 2.05) is 66.7 Å². The molecule has 0 spiro atoms. The summed E-state index contributed by atoms with van der Waals surface area (Å²) in [6, 6.07) is 31.7. The summed E-state index contributed by atoms with van der Waals surface area (Å²) in [5.74, 6) is 0.887. The van der Waals surface area contributed by atoms with Crippen molar-refractivity contribution in [1.29, 1.82) is 0 Å². The van der Waals surface area contributed by atoms with Crippen LogP contribution in [-0.2, 0) is 11.3 Å². The van der Waals surface area contributed by atoms with E-state index >= 15 is 0 Å². The minimum atomic E-state index is -0.380. The first-order chi connectivity index (χ1) is 18.6. The molecule has 0 heterocycles. The summed E-state index contributed by atoms with van der Waals surface area (Å²) in [5, 5.41) is 0. The highest BCUT2D eigenvalue weighted by atomic mass is 16.5. The second-order valence-electron chi connectivity index (χ2n) is 9.23. The van der Waals surface area contributed by atoms with Gasteiger partial charge in [-0.15, -0.1) is 0 Å². The lowest BCUT2D eigenvalue weighted by Gasteiger charge is -2.25. The van der Waals surface area contributed by atoms with Gasteiger partial charge in [-0.05, 0) is 52.9 Å². The van der Waals surface area contributed by atoms with Gasteiger partial charge in [-0.25, -0.2) is 4.79 Å². The molecule has 0 radical (unpaired) electrons. The minimum Gasteiger partial charge on any atom is -0.485 e. The van der Waals surface area contributed by atoms with Gasteiger partial charge >= 0.3 is 5.97 Å². The van der Waals surface area contributed by atoms with E-state index in [1.165, 1.54) is 12.7 Å². The van der Waals surface area contributed by atoms with Gasteiger partial charge in [0.05, 0.1) is 12.7 Å². The van der Waals surface area contributed by atoms with Gasteiger partial charge in [0.2, 0.25) is 0 Å². The van der Waals surface area contributed by atoms with Crippen LogP contribution >= 0.6 is 0 Å². The Bertz CT molecular complexity index is 1480. The molecule has 0 amide bonds. The van der Waals surface area contributed by atoms with Crippen LogP contribution in [0.4, 0.5) is 0 Å². The van der Waals surface area contributed by atoms with Crippen LogP contribution in [0.1, 0.15) is 33.5 Å². The molecule has 1 unspecified atom stereocenters. The minimum absolute atomic E-state index is 0.158. The summed E-state index contributed by atoms with van der Waals surface area (Å²) in [4.78, 5) is 12.4. The molecule has 190 valence electrons. The van der Waals surface area contributed by atoms with Crippen molar-refractivity contribution in [3.63, 3.8) is 0 Å². The largest absolute Gasteiger partial charge is 0.485 e. The molecule has 0 fully saturated rings. The lowest BCUT2D eigenvalue weighted by atomic mass is 9.93. The number of carbonyl (C=O) groups is 1. The third-order valence-corrected chi connectivity index (χ3v) is 6.55. The van der Waals surface area contributed by atoms with Gasteiger partial charge in [0.15, 0.2) is 11.5 Å². The predicted molar refractivity (Wildman–Crippen MR) is 151 cm³/mol. The van der Waals surface area contributed by atoms with E-state index in [4.69, 9.17) is 14.2 Å². The van der Waals surface area contributed by atoms with Gasteiger partial charge in [0.25, 0.3) is 0 Å². The quantitative estimate of drug-likeness (QED) is 0.230. The standard InChI is InChI=1S/C34H30O4/c1-24-11-10-14-26(21-24)29-16-8-9-18-31(29)38-32-20-19-27(28-15-6-7-17-30(28)34(35)36-2)22-33(32)37-23-25-12-4-3-5-13-25/h3-17,19-22,31H,18,23H2,1-2H3. The van der Waals surface area contributed by atoms with E-state index in [1.54, 1.807) is 6.07 Å². The average molecular weight is 503 g/mol. The molecule has 0 aromatic heterocycles. The molecule has 4 heteroatoms. The Morgan fingerprint density at radius 3 is 2.47 bits per heavy atom. The highest BCUT2D eigenvalue weighted by Crippen LogP contribution is 2.38. The highest BCUT2D eigenvalue weighted by Gasteiger charge is 2.22. The number of carbonyl (C=O) groups excluding carboxylic acids is 1. The second kappa shape index (κ2) is 11.7. The molecule has 0 saturated carbocycles. The number of esters is 1. The van der Waals surface area contributed by atoms with Crippen molar-refractivity contribution in [1.82, 2.24) is 0 Å². The van der Waals surface area contributed by atoms with Crippen LogP contribution in [-0.4, -0.2) is 19.2 Å². The summed E-state index contributed by atoms with van der Waals surface area (Å²) < 4.78 is 18.0. The van der Waals surface area contributed by atoms with Crippen molar-refractivity contribution in [2.75, 3.05) is 7.11 Å². The third-order valence-electron chi connectivity index (χ3n) is 6.55. The predicted octanol–water partition coefficient (Wildman–Crippen LogP) is 7.82. The topological polar surface area (TPSA) is 44.8 Å². The molecule has 0 saturated heterocycles. The summed E-state index contributed by atoms with van der Waals surface area (Å²) in [7, 11) is 1.39. The molecule has 5 rings (SSSR count). The molecule has 1 aliphatic rings. The van der Waals surface area contributed by atoms with Crippen LogP contribution in [0.2, 0.25) is 0 Å². The van der Waals surface area contributed by atoms with Crippen LogP contribution in [0.5, 0.6) is 11.5 Å². The highest BCUT2D eigenvalue weighted by molar-refractivity contribution is 5.97. The van der Waals surface area contributed by atoms with Gasteiger partial charge in [0.1, 0.15) is 12.7 Å². The maximum atomic E-state index is 12.4. The third kappa shape index (κ3) is 5.70. The second-order valence-corrected chi connectivity index (χ2v) is 9.23. The molecule has 0 bridgehead atoms. The lowest BCUT2D eigenvalue weighted by Crippen LogP contribution is -2.20. The Hall–Kier alpha value is -4.57. The van der Waals surface area contributed by atoms with Gasteiger partial charge in [-0.2, -0.15) is 0 Å². The molecular formula is C34H30O4. The summed E-state index contributed by atoms with van der Waals surface area (Å²) >= 11 is 0. The first-order valence-corrected chi connectivity index (χ1v) is 12.7. The Morgan fingerprint density at radius 1 is 0.842 bits per heavy atom. The fraction of sp³-hybridized carbons (Fsp3) is 0.147. The molecule has 4 nitrogen and oxygen atoms in total. The van der Waals surface area contributed by atoms with Crippen molar-refractivity contribution in [2.45, 2.75) is 26.1 Å². The number of rotatable bonds is 8. The van der Waals surface area contributed by atoms with Crippen molar-refractivity contribution >= 4 is 11.5 Å². The number of allylic oxidation sites excluding steroid dienone is 2. The lowest BCUT2D eigenvalue weighted by molar-refractivity contribution is 0.0601. The van der Waals surface area contributed by atoms with Crippen molar-refractivity contribution < 1.29 is 19.0 Å². The molecule has 1 aliphatic carbocycles. The maximum absolute atomic E-state index is 12.4. The summed E-state index contributed by atoms with van der Waals surface area (Å²) in [6.07, 6.45) is 6.92. The molecule has 38 heavy (non-hydrogen) atoms. The van der Waals surface area contributed by atoms with E-state index in [-0.39, 0.29) is 12.1 Å². The SMILES string of the molecule is COC(=O)c1ccccc1-c1ccc(OC2CC=CC=C2c2cccc(C)c2)c(OCc2ccccc2)c1. The van der Waals surface area contributed by atoms with Crippen molar-refractivity contribution in [3.05, 3.63) is 138 Å². The number of aryl methyl sites for hydroxylation is 1. The molecule has 4 aromatic rings. The van der Waals surface area contributed by atoms with Crippen LogP contribution in [0, 0.1) is 6.92 Å². The van der Waals surface area contributed by atoms with Crippen molar-refractivity contribution in [3.8, 4) is 22.6 Å². The molecule has 1 atom stereocenters. The van der Waals surface area contributed by atoms with Crippen LogP contribution < -0.4 is 9.47 Å². The first kappa shape index (κ1) is 25.1. The number of hydrogen-bond donors (Lipinski definition) is 0. The van der Waals surface area contributed by atoms with E-state index in [2.05, 4.69) is 49.4 Å². The van der Waals surface area contributed by atoms with E-state index in [9.17, 15) is 4.79 Å². The molecule has 0 N–H and O–H groups in total. The van der Waals surface area contributed by atoms with Gasteiger partial charge in [0, 0.05) is 6.42 Å². The number of ether oxygens (including phenoxy) is 3. The zero-order chi connectivity index (χ0) is 26.3. The molecule has 4 aromatic carbocycles. The normalized spacial score (nSPS) is 14.5. The fourth-order valence-electron chi connectivity index (χ4n) is 4.62. The van der Waals surface area contributed by atoms with E-state index in [0.29, 0.717) is 23.7 Å². The molecule has 0 aliphatic heterocycles. The first-order valence-electron chi connectivity index (χ1n) is 12.7. The fourth-order valence-corrected chi connectivity index (χ4v) is 4.62. The zero-order valence-corrected chi connectivity index (χ0v) is 21.6. The van der Waals surface area contributed by atoms with Gasteiger partial charge in [-0.1, -0.05) is 103 Å². The Labute approximate surface area is 223 Å². The van der Waals surface area contributed by atoms with Crippen molar-refractivity contribution in [2.24, 2.45) is 0 Å². The Morgan fingerprint density at radius 2 is 1.66 bits per heavy atom. The smallest absolute Gasteiger partial charge is 0.338 e. The zero-order valence-electron chi connectivity index (χ0n) is 21.6. The average Bonchev–Trinajstić information content (AvgIpc) is 2.97. The maximum Gasteiger partial charge on any atom is 0.338 e. The van der Waals surface area contributed by atoms with Crippen LogP contribution in [0.3, 0.4) is 0 Å². The van der Waals surface area contributed by atoms with Gasteiger partial charge in [-0.3, -0.25) is 0 Å². The number of benzene rings is 4. The van der Waals surface area contributed by atoms with E-state index < -0.39 is 0 Å². The summed E-state index contributed by atoms with van der Waals surface area (Å²) in [6.45, 7) is 2.49. The Kier molecular flexibility index (Phi) is 7.70. The van der Waals surface area contributed by atoms with E-state index in [0.717, 1.165) is 34.2 Å². The number of hydrogen-bond acceptors (Lipinski definition) is 4.